The van der Waals surface area contributed by atoms with E-state index in [9.17, 15) is 4.79 Å². The molecule has 4 nitrogen and oxygen atoms in total. The minimum absolute atomic E-state index is 0.0243. The number of rotatable bonds is 2. The van der Waals surface area contributed by atoms with E-state index in [4.69, 9.17) is 0 Å². The van der Waals surface area contributed by atoms with E-state index < -0.39 is 0 Å². The summed E-state index contributed by atoms with van der Waals surface area (Å²) in [6.07, 6.45) is 4.37. The van der Waals surface area contributed by atoms with Gasteiger partial charge in [-0.2, -0.15) is 0 Å². The van der Waals surface area contributed by atoms with E-state index in [1.165, 1.54) is 11.3 Å². The van der Waals surface area contributed by atoms with Gasteiger partial charge in [0.15, 0.2) is 0 Å². The Balaban J connectivity index is 2.33. The molecule has 0 fully saturated rings. The number of nitrogens with one attached hydrogen (secondary N) is 1. The second-order valence-electron chi connectivity index (χ2n) is 2.01. The van der Waals surface area contributed by atoms with Gasteiger partial charge in [0.25, 0.3) is 0 Å². The number of hydrogen-bond donors (Lipinski definition) is 1. The average molecular weight is 142 g/mol. The van der Waals surface area contributed by atoms with Crippen molar-refractivity contribution in [1.82, 2.24) is 10.6 Å². The molecular weight excluding hydrogens is 132 g/mol. The average Bonchev–Trinajstić information content (AvgIpc) is 2.38. The molecule has 0 aliphatic carbocycles. The second-order valence-corrected chi connectivity index (χ2v) is 2.01. The molecule has 0 aromatic carbocycles. The Labute approximate surface area is 59.4 Å². The van der Waals surface area contributed by atoms with Gasteiger partial charge in [0.1, 0.15) is 6.26 Å². The van der Waals surface area contributed by atoms with Crippen molar-refractivity contribution in [2.45, 2.75) is 19.8 Å². The first-order valence-corrected chi connectivity index (χ1v) is 3.24. The third kappa shape index (κ3) is 1.48. The lowest BCUT2D eigenvalue weighted by molar-refractivity contribution is -0.136. The van der Waals surface area contributed by atoms with Crippen LogP contribution in [0.15, 0.2) is 12.5 Å². The number of carbonyl (C=O) groups excluding carboxylic acids is 1. The van der Waals surface area contributed by atoms with Crippen LogP contribution in [-0.4, -0.2) is 10.9 Å². The highest BCUT2D eigenvalue weighted by Crippen LogP contribution is 1.99. The van der Waals surface area contributed by atoms with Crippen LogP contribution in [-0.2, 0) is 9.63 Å². The molecule has 4 heteroatoms. The number of carbonyl (C=O) groups is 1. The lowest BCUT2D eigenvalue weighted by Crippen LogP contribution is -2.33. The second kappa shape index (κ2) is 3.22. The Bertz CT molecular complexity index is 156. The summed E-state index contributed by atoms with van der Waals surface area (Å²) in [5.74, 6) is 0.0243. The quantitative estimate of drug-likeness (QED) is 0.611. The minimum Gasteiger partial charge on any atom is -0.395 e. The van der Waals surface area contributed by atoms with Crippen molar-refractivity contribution in [3.05, 3.63) is 12.5 Å². The van der Waals surface area contributed by atoms with Crippen molar-refractivity contribution in [2.75, 3.05) is 0 Å². The standard InChI is InChI=1S/C6H10N2O2/c1-2-3-6(9)8-4-5-10-7-8/h4-5,7H,2-3H2,1H3. The highest BCUT2D eigenvalue weighted by atomic mass is 16.7. The minimum atomic E-state index is 0.0243. The molecule has 1 N–H and O–H groups in total. The van der Waals surface area contributed by atoms with Crippen molar-refractivity contribution in [1.29, 1.82) is 0 Å². The molecule has 1 aliphatic rings. The van der Waals surface area contributed by atoms with Crippen LogP contribution in [0.2, 0.25) is 0 Å². The van der Waals surface area contributed by atoms with Crippen LogP contribution in [0.5, 0.6) is 0 Å². The molecule has 0 spiro atoms. The largest absolute Gasteiger partial charge is 0.395 e. The number of amides is 1. The molecule has 56 valence electrons. The predicted molar refractivity (Wildman–Crippen MR) is 35.1 cm³/mol. The summed E-state index contributed by atoms with van der Waals surface area (Å²) in [5, 5.41) is 1.32. The van der Waals surface area contributed by atoms with Crippen molar-refractivity contribution in [3.63, 3.8) is 0 Å². The number of nitrogens with zero attached hydrogens (tertiary/aromatic N) is 1. The Hall–Kier alpha value is -1.03. The van der Waals surface area contributed by atoms with E-state index in [1.54, 1.807) is 6.20 Å². The summed E-state index contributed by atoms with van der Waals surface area (Å²) >= 11 is 0. The van der Waals surface area contributed by atoms with Gasteiger partial charge in [-0.25, -0.2) is 5.01 Å². The van der Waals surface area contributed by atoms with Gasteiger partial charge in [-0.3, -0.25) is 4.79 Å². The maximum Gasteiger partial charge on any atom is 0.243 e. The highest BCUT2D eigenvalue weighted by Gasteiger charge is 2.12. The molecule has 0 aromatic heterocycles. The first-order chi connectivity index (χ1) is 4.84. The van der Waals surface area contributed by atoms with Gasteiger partial charge in [0.2, 0.25) is 5.91 Å². The van der Waals surface area contributed by atoms with E-state index in [1.807, 2.05) is 6.92 Å². The van der Waals surface area contributed by atoms with Crippen molar-refractivity contribution < 1.29 is 9.63 Å². The van der Waals surface area contributed by atoms with Gasteiger partial charge < -0.3 is 4.84 Å². The maximum absolute atomic E-state index is 11.0. The van der Waals surface area contributed by atoms with Crippen molar-refractivity contribution in [2.24, 2.45) is 0 Å². The van der Waals surface area contributed by atoms with Gasteiger partial charge in [0.05, 0.1) is 6.20 Å². The number of hydrogen-bond acceptors (Lipinski definition) is 3. The van der Waals surface area contributed by atoms with Gasteiger partial charge in [-0.15, -0.1) is 0 Å². The van der Waals surface area contributed by atoms with Crippen LogP contribution < -0.4 is 5.59 Å². The summed E-state index contributed by atoms with van der Waals surface area (Å²) in [4.78, 5) is 15.6. The molecule has 1 heterocycles. The SMILES string of the molecule is CCCC(=O)N1C=CON1. The maximum atomic E-state index is 11.0. The highest BCUT2D eigenvalue weighted by molar-refractivity contribution is 5.76. The van der Waals surface area contributed by atoms with Crippen LogP contribution in [0.4, 0.5) is 0 Å². The van der Waals surface area contributed by atoms with Gasteiger partial charge in [-0.1, -0.05) is 12.5 Å². The van der Waals surface area contributed by atoms with Gasteiger partial charge in [0, 0.05) is 6.42 Å². The summed E-state index contributed by atoms with van der Waals surface area (Å²) in [6, 6.07) is 0. The molecule has 0 unspecified atom stereocenters. The van der Waals surface area contributed by atoms with E-state index in [2.05, 4.69) is 10.4 Å². The lowest BCUT2D eigenvalue weighted by atomic mass is 10.3. The molecule has 0 atom stereocenters. The van der Waals surface area contributed by atoms with Crippen molar-refractivity contribution in [3.8, 4) is 0 Å². The van der Waals surface area contributed by atoms with Crippen molar-refractivity contribution >= 4 is 5.91 Å². The topological polar surface area (TPSA) is 41.6 Å². The summed E-state index contributed by atoms with van der Waals surface area (Å²) in [5.41, 5.74) is 2.41. The lowest BCUT2D eigenvalue weighted by Gasteiger charge is -2.09. The Kier molecular flexibility index (Phi) is 2.28. The van der Waals surface area contributed by atoms with Crippen LogP contribution in [0.25, 0.3) is 0 Å². The van der Waals surface area contributed by atoms with Gasteiger partial charge >= 0.3 is 0 Å². The van der Waals surface area contributed by atoms with E-state index in [0.29, 0.717) is 6.42 Å². The van der Waals surface area contributed by atoms with Crippen LogP contribution in [0, 0.1) is 0 Å². The molecule has 0 saturated carbocycles. The molecular formula is C6H10N2O2. The fourth-order valence-electron chi connectivity index (χ4n) is 0.677. The third-order valence-corrected chi connectivity index (χ3v) is 1.16. The zero-order valence-electron chi connectivity index (χ0n) is 5.83. The predicted octanol–water partition coefficient (Wildman–Crippen LogP) is 0.536. The third-order valence-electron chi connectivity index (χ3n) is 1.16. The van der Waals surface area contributed by atoms with Crippen LogP contribution in [0.3, 0.4) is 0 Å². The monoisotopic (exact) mass is 142 g/mol. The zero-order valence-corrected chi connectivity index (χ0v) is 5.83. The Morgan fingerprint density at radius 2 is 2.60 bits per heavy atom. The molecule has 10 heavy (non-hydrogen) atoms. The molecule has 0 saturated heterocycles. The smallest absolute Gasteiger partial charge is 0.243 e. The van der Waals surface area contributed by atoms with Gasteiger partial charge in [-0.05, 0) is 6.42 Å². The molecule has 0 aromatic rings. The molecule has 1 amide bonds. The summed E-state index contributed by atoms with van der Waals surface area (Å²) in [6.45, 7) is 1.96. The van der Waals surface area contributed by atoms with E-state index in [-0.39, 0.29) is 5.91 Å². The van der Waals surface area contributed by atoms with Crippen LogP contribution in [0.1, 0.15) is 19.8 Å². The number of hydrazine groups is 1. The van der Waals surface area contributed by atoms with E-state index >= 15 is 0 Å². The normalized spacial score (nSPS) is 15.5. The molecule has 0 radical (unpaired) electrons. The Morgan fingerprint density at radius 1 is 1.80 bits per heavy atom. The molecule has 0 bridgehead atoms. The van der Waals surface area contributed by atoms with E-state index in [0.717, 1.165) is 6.42 Å². The zero-order chi connectivity index (χ0) is 7.40. The molecule has 1 rings (SSSR count). The first kappa shape index (κ1) is 7.08. The summed E-state index contributed by atoms with van der Waals surface area (Å²) in [7, 11) is 0. The fraction of sp³-hybridized carbons (Fsp3) is 0.500. The summed E-state index contributed by atoms with van der Waals surface area (Å²) < 4.78 is 0. The first-order valence-electron chi connectivity index (χ1n) is 3.24. The fourth-order valence-corrected chi connectivity index (χ4v) is 0.677. The van der Waals surface area contributed by atoms with Crippen LogP contribution >= 0.6 is 0 Å². The Morgan fingerprint density at radius 3 is 3.10 bits per heavy atom. The molecule has 1 aliphatic heterocycles.